The number of para-hydroxylation sites is 1. The third-order valence-corrected chi connectivity index (χ3v) is 3.86. The molecule has 0 spiro atoms. The lowest BCUT2D eigenvalue weighted by atomic mass is 10.1. The maximum atomic E-state index is 12.1. The van der Waals surface area contributed by atoms with E-state index in [1.165, 1.54) is 0 Å². The molecule has 1 aromatic carbocycles. The molecule has 1 aromatic rings. The van der Waals surface area contributed by atoms with Crippen LogP contribution in [0.1, 0.15) is 13.3 Å². The van der Waals surface area contributed by atoms with E-state index in [0.29, 0.717) is 24.8 Å². The van der Waals surface area contributed by atoms with Crippen LogP contribution >= 0.6 is 0 Å². The number of carbonyl (C=O) groups is 2. The van der Waals surface area contributed by atoms with Gasteiger partial charge in [0, 0.05) is 12.6 Å². The van der Waals surface area contributed by atoms with Crippen molar-refractivity contribution in [3.05, 3.63) is 30.3 Å². The summed E-state index contributed by atoms with van der Waals surface area (Å²) < 4.78 is 5.33. The number of ether oxygens (including phenoxy) is 1. The van der Waals surface area contributed by atoms with Crippen LogP contribution in [0.25, 0.3) is 0 Å². The maximum Gasteiger partial charge on any atom is 0.258 e. The van der Waals surface area contributed by atoms with Crippen molar-refractivity contribution in [3.63, 3.8) is 0 Å². The number of likely N-dealkylation sites (tertiary alicyclic amines) is 1. The Labute approximate surface area is 130 Å². The molecule has 2 atom stereocenters. The van der Waals surface area contributed by atoms with Gasteiger partial charge in [-0.1, -0.05) is 18.2 Å². The van der Waals surface area contributed by atoms with Crippen molar-refractivity contribution in [1.82, 2.24) is 10.2 Å². The predicted molar refractivity (Wildman–Crippen MR) is 83.3 cm³/mol. The van der Waals surface area contributed by atoms with E-state index in [0.717, 1.165) is 6.42 Å². The number of rotatable bonds is 6. The van der Waals surface area contributed by atoms with Crippen LogP contribution in [0.4, 0.5) is 0 Å². The molecular formula is C16H23N3O3. The minimum atomic E-state index is -0.306. The number of nitrogens with zero attached hydrogens (tertiary/aromatic N) is 1. The van der Waals surface area contributed by atoms with E-state index in [1.807, 2.05) is 25.1 Å². The van der Waals surface area contributed by atoms with Crippen molar-refractivity contribution in [2.75, 3.05) is 26.2 Å². The first-order valence-corrected chi connectivity index (χ1v) is 7.54. The van der Waals surface area contributed by atoms with Crippen molar-refractivity contribution >= 4 is 11.8 Å². The lowest BCUT2D eigenvalue weighted by molar-refractivity contribution is -0.133. The molecule has 22 heavy (non-hydrogen) atoms. The van der Waals surface area contributed by atoms with Gasteiger partial charge in [0.1, 0.15) is 5.75 Å². The van der Waals surface area contributed by atoms with Crippen LogP contribution in [0.5, 0.6) is 5.75 Å². The number of nitrogens with one attached hydrogen (secondary N) is 1. The normalized spacial score (nSPS) is 20.7. The third kappa shape index (κ3) is 4.46. The summed E-state index contributed by atoms with van der Waals surface area (Å²) in [7, 11) is 0. The van der Waals surface area contributed by atoms with Crippen molar-refractivity contribution < 1.29 is 14.3 Å². The molecule has 6 nitrogen and oxygen atoms in total. The van der Waals surface area contributed by atoms with E-state index in [1.54, 1.807) is 17.0 Å². The summed E-state index contributed by atoms with van der Waals surface area (Å²) in [5, 5.41) is 2.60. The van der Waals surface area contributed by atoms with Crippen LogP contribution in [0.3, 0.4) is 0 Å². The van der Waals surface area contributed by atoms with E-state index >= 15 is 0 Å². The van der Waals surface area contributed by atoms with Gasteiger partial charge in [0.25, 0.3) is 5.91 Å². The summed E-state index contributed by atoms with van der Waals surface area (Å²) >= 11 is 0. The summed E-state index contributed by atoms with van der Waals surface area (Å²) in [6.07, 6.45) is 0.924. The fourth-order valence-corrected chi connectivity index (χ4v) is 2.65. The highest BCUT2D eigenvalue weighted by Gasteiger charge is 2.31. The quantitative estimate of drug-likeness (QED) is 0.795. The van der Waals surface area contributed by atoms with Gasteiger partial charge in [0.15, 0.2) is 6.61 Å². The second kappa shape index (κ2) is 7.79. The number of hydrogen-bond donors (Lipinski definition) is 2. The highest BCUT2D eigenvalue weighted by atomic mass is 16.5. The standard InChI is InChI=1S/C16H23N3O3/c1-12-7-13(8-17)10-19(12)16(21)9-18-15(20)11-22-14-5-3-2-4-6-14/h2-6,12-13H,7-11,17H2,1H3,(H,18,20). The van der Waals surface area contributed by atoms with Gasteiger partial charge in [-0.05, 0) is 37.9 Å². The van der Waals surface area contributed by atoms with Gasteiger partial charge in [-0.3, -0.25) is 9.59 Å². The van der Waals surface area contributed by atoms with E-state index in [4.69, 9.17) is 10.5 Å². The molecule has 2 rings (SSSR count). The number of carbonyl (C=O) groups excluding carboxylic acids is 2. The Kier molecular flexibility index (Phi) is 5.77. The monoisotopic (exact) mass is 305 g/mol. The Hall–Kier alpha value is -2.08. The molecule has 120 valence electrons. The molecule has 1 saturated heterocycles. The summed E-state index contributed by atoms with van der Waals surface area (Å²) in [4.78, 5) is 25.6. The topological polar surface area (TPSA) is 84.7 Å². The molecule has 0 aromatic heterocycles. The van der Waals surface area contributed by atoms with Crippen LogP contribution in [-0.4, -0.2) is 49.0 Å². The Morgan fingerprint density at radius 2 is 2.09 bits per heavy atom. The summed E-state index contributed by atoms with van der Waals surface area (Å²) in [6.45, 7) is 3.17. The third-order valence-electron chi connectivity index (χ3n) is 3.86. The number of hydrogen-bond acceptors (Lipinski definition) is 4. The van der Waals surface area contributed by atoms with E-state index in [2.05, 4.69) is 5.32 Å². The predicted octanol–water partition coefficient (Wildman–Crippen LogP) is 0.377. The molecule has 1 fully saturated rings. The number of benzene rings is 1. The second-order valence-corrected chi connectivity index (χ2v) is 5.61. The van der Waals surface area contributed by atoms with Crippen LogP contribution in [0, 0.1) is 5.92 Å². The van der Waals surface area contributed by atoms with Crippen molar-refractivity contribution in [1.29, 1.82) is 0 Å². The number of nitrogens with two attached hydrogens (primary N) is 1. The van der Waals surface area contributed by atoms with Crippen LogP contribution in [0.2, 0.25) is 0 Å². The van der Waals surface area contributed by atoms with Crippen LogP contribution < -0.4 is 15.8 Å². The SMILES string of the molecule is CC1CC(CN)CN1C(=O)CNC(=O)COc1ccccc1. The van der Waals surface area contributed by atoms with Gasteiger partial charge >= 0.3 is 0 Å². The average molecular weight is 305 g/mol. The molecule has 6 heteroatoms. The van der Waals surface area contributed by atoms with Crippen LogP contribution in [0.15, 0.2) is 30.3 Å². The maximum absolute atomic E-state index is 12.1. The van der Waals surface area contributed by atoms with Gasteiger partial charge in [-0.25, -0.2) is 0 Å². The van der Waals surface area contributed by atoms with Crippen LogP contribution in [-0.2, 0) is 9.59 Å². The zero-order chi connectivity index (χ0) is 15.9. The molecule has 0 aliphatic carbocycles. The lowest BCUT2D eigenvalue weighted by Gasteiger charge is -2.21. The van der Waals surface area contributed by atoms with Gasteiger partial charge in [-0.2, -0.15) is 0 Å². The molecule has 0 bridgehead atoms. The van der Waals surface area contributed by atoms with E-state index in [9.17, 15) is 9.59 Å². The smallest absolute Gasteiger partial charge is 0.258 e. The first kappa shape index (κ1) is 16.3. The molecule has 1 aliphatic heterocycles. The van der Waals surface area contributed by atoms with Gasteiger partial charge in [-0.15, -0.1) is 0 Å². The van der Waals surface area contributed by atoms with E-state index in [-0.39, 0.29) is 31.0 Å². The Morgan fingerprint density at radius 1 is 1.36 bits per heavy atom. The summed E-state index contributed by atoms with van der Waals surface area (Å²) in [5.74, 6) is 0.606. The largest absolute Gasteiger partial charge is 0.484 e. The average Bonchev–Trinajstić information content (AvgIpc) is 2.92. The van der Waals surface area contributed by atoms with Gasteiger partial charge in [0.05, 0.1) is 6.54 Å². The Morgan fingerprint density at radius 3 is 2.73 bits per heavy atom. The summed E-state index contributed by atoms with van der Waals surface area (Å²) in [5.41, 5.74) is 5.65. The summed E-state index contributed by atoms with van der Waals surface area (Å²) in [6, 6.07) is 9.27. The first-order valence-electron chi connectivity index (χ1n) is 7.54. The minimum absolute atomic E-state index is 0.00137. The molecule has 1 heterocycles. The molecule has 0 radical (unpaired) electrons. The second-order valence-electron chi connectivity index (χ2n) is 5.61. The minimum Gasteiger partial charge on any atom is -0.484 e. The Bertz CT molecular complexity index is 507. The van der Waals surface area contributed by atoms with Gasteiger partial charge in [0.2, 0.25) is 5.91 Å². The molecule has 0 saturated carbocycles. The molecule has 2 amide bonds. The van der Waals surface area contributed by atoms with Crippen molar-refractivity contribution in [3.8, 4) is 5.75 Å². The molecule has 2 unspecified atom stereocenters. The lowest BCUT2D eigenvalue weighted by Crippen LogP contribution is -2.43. The zero-order valence-electron chi connectivity index (χ0n) is 12.8. The molecule has 1 aliphatic rings. The highest BCUT2D eigenvalue weighted by molar-refractivity contribution is 5.85. The van der Waals surface area contributed by atoms with E-state index < -0.39 is 0 Å². The molecule has 3 N–H and O–H groups in total. The molecular weight excluding hydrogens is 282 g/mol. The van der Waals surface area contributed by atoms with Crippen molar-refractivity contribution in [2.45, 2.75) is 19.4 Å². The number of amides is 2. The zero-order valence-corrected chi connectivity index (χ0v) is 12.8. The fraction of sp³-hybridized carbons (Fsp3) is 0.500. The Balaban J connectivity index is 1.71. The highest BCUT2D eigenvalue weighted by Crippen LogP contribution is 2.21. The van der Waals surface area contributed by atoms with Crippen molar-refractivity contribution in [2.24, 2.45) is 11.7 Å². The first-order chi connectivity index (χ1) is 10.6. The van der Waals surface area contributed by atoms with Gasteiger partial charge < -0.3 is 20.7 Å². The fourth-order valence-electron chi connectivity index (χ4n) is 2.65.